The number of hydrogen-bond donors (Lipinski definition) is 0. The largest absolute Gasteiger partial charge is 0.463 e. The third-order valence-corrected chi connectivity index (χ3v) is 7.19. The molecule has 36 heavy (non-hydrogen) atoms. The fourth-order valence-electron chi connectivity index (χ4n) is 4.61. The predicted octanol–water partition coefficient (Wildman–Crippen LogP) is 2.84. The Morgan fingerprint density at radius 1 is 1.19 bits per heavy atom. The van der Waals surface area contributed by atoms with Crippen LogP contribution in [0.3, 0.4) is 0 Å². The fraction of sp³-hybridized carbons (Fsp3) is 0.185. The van der Waals surface area contributed by atoms with Crippen molar-refractivity contribution >= 4 is 34.5 Å². The van der Waals surface area contributed by atoms with E-state index in [0.717, 1.165) is 11.3 Å². The van der Waals surface area contributed by atoms with Gasteiger partial charge in [-0.05, 0) is 37.6 Å². The first-order valence-electron chi connectivity index (χ1n) is 11.4. The quantitative estimate of drug-likeness (QED) is 0.396. The smallest absolute Gasteiger partial charge is 0.338 e. The minimum Gasteiger partial charge on any atom is -0.463 e. The van der Waals surface area contributed by atoms with Crippen LogP contribution in [0.5, 0.6) is 0 Å². The highest BCUT2D eigenvalue weighted by Crippen LogP contribution is 2.35. The zero-order valence-corrected chi connectivity index (χ0v) is 20.5. The molecule has 0 fully saturated rings. The number of rotatable bonds is 5. The van der Waals surface area contributed by atoms with Crippen LogP contribution in [0.1, 0.15) is 31.0 Å². The van der Waals surface area contributed by atoms with Crippen molar-refractivity contribution in [1.29, 1.82) is 0 Å². The molecule has 5 rings (SSSR count). The van der Waals surface area contributed by atoms with Crippen LogP contribution in [0.2, 0.25) is 0 Å². The molecule has 0 unspecified atom stereocenters. The lowest BCUT2D eigenvalue weighted by molar-refractivity contribution is -0.139. The number of para-hydroxylation sites is 1. The van der Waals surface area contributed by atoms with Gasteiger partial charge < -0.3 is 9.64 Å². The van der Waals surface area contributed by atoms with E-state index < -0.39 is 23.4 Å². The first-order valence-corrected chi connectivity index (χ1v) is 12.2. The first kappa shape index (κ1) is 23.6. The first-order chi connectivity index (χ1) is 17.4. The van der Waals surface area contributed by atoms with E-state index in [-0.39, 0.29) is 28.2 Å². The van der Waals surface area contributed by atoms with E-state index in [9.17, 15) is 18.8 Å². The van der Waals surface area contributed by atoms with Crippen molar-refractivity contribution in [3.63, 3.8) is 0 Å². The van der Waals surface area contributed by atoms with Crippen LogP contribution < -0.4 is 19.8 Å². The number of fused-ring (bicyclic) bond motifs is 2. The summed E-state index contributed by atoms with van der Waals surface area (Å²) in [6.07, 6.45) is 1.63. The van der Waals surface area contributed by atoms with Gasteiger partial charge in [0, 0.05) is 12.1 Å². The van der Waals surface area contributed by atoms with Crippen molar-refractivity contribution in [2.75, 3.05) is 18.1 Å². The van der Waals surface area contributed by atoms with E-state index >= 15 is 0 Å². The molecular formula is C27H22FN3O4S. The number of carbonyl (C=O) groups excluding carboxylic acids is 2. The molecule has 2 aliphatic heterocycles. The van der Waals surface area contributed by atoms with Gasteiger partial charge in [-0.15, -0.1) is 6.58 Å². The molecule has 2 aliphatic rings. The molecule has 3 aromatic rings. The number of esters is 1. The second-order valence-corrected chi connectivity index (χ2v) is 9.25. The van der Waals surface area contributed by atoms with Crippen LogP contribution in [-0.4, -0.2) is 29.6 Å². The Kier molecular flexibility index (Phi) is 6.01. The number of hydrogen-bond acceptors (Lipinski definition) is 6. The third kappa shape index (κ3) is 3.63. The minimum absolute atomic E-state index is 0.144. The van der Waals surface area contributed by atoms with Gasteiger partial charge in [0.2, 0.25) is 0 Å². The Labute approximate surface area is 209 Å². The van der Waals surface area contributed by atoms with Crippen LogP contribution >= 0.6 is 11.3 Å². The van der Waals surface area contributed by atoms with E-state index in [0.29, 0.717) is 33.9 Å². The van der Waals surface area contributed by atoms with E-state index in [1.54, 1.807) is 30.9 Å². The summed E-state index contributed by atoms with van der Waals surface area (Å²) in [5.41, 5.74) is 2.29. The number of ether oxygens (including phenoxy) is 1. The summed E-state index contributed by atoms with van der Waals surface area (Å²) in [7, 11) is 0. The summed E-state index contributed by atoms with van der Waals surface area (Å²) >= 11 is 1.09. The van der Waals surface area contributed by atoms with E-state index in [2.05, 4.69) is 11.6 Å². The molecule has 0 saturated carbocycles. The zero-order valence-electron chi connectivity index (χ0n) is 19.7. The number of allylic oxidation sites excluding steroid dienone is 1. The topological polar surface area (TPSA) is 81.0 Å². The molecule has 2 aromatic carbocycles. The fourth-order valence-corrected chi connectivity index (χ4v) is 5.75. The highest BCUT2D eigenvalue weighted by atomic mass is 32.1. The normalized spacial score (nSPS) is 18.0. The van der Waals surface area contributed by atoms with Crippen LogP contribution in [-0.2, 0) is 14.3 Å². The Hall–Kier alpha value is -4.11. The highest BCUT2D eigenvalue weighted by molar-refractivity contribution is 7.07. The summed E-state index contributed by atoms with van der Waals surface area (Å²) in [6.45, 7) is 7.54. The maximum absolute atomic E-state index is 14.0. The van der Waals surface area contributed by atoms with Gasteiger partial charge in [-0.2, -0.15) is 0 Å². The van der Waals surface area contributed by atoms with Crippen molar-refractivity contribution in [2.24, 2.45) is 4.99 Å². The summed E-state index contributed by atoms with van der Waals surface area (Å²) in [6, 6.07) is 12.0. The summed E-state index contributed by atoms with van der Waals surface area (Å²) in [4.78, 5) is 46.9. The predicted molar refractivity (Wildman–Crippen MR) is 135 cm³/mol. The number of thiazole rings is 1. The molecule has 0 bridgehead atoms. The average Bonchev–Trinajstić information content (AvgIpc) is 3.32. The Morgan fingerprint density at radius 2 is 1.92 bits per heavy atom. The van der Waals surface area contributed by atoms with Gasteiger partial charge in [-0.25, -0.2) is 14.2 Å². The zero-order chi connectivity index (χ0) is 25.6. The number of benzene rings is 2. The van der Waals surface area contributed by atoms with Gasteiger partial charge in [-0.1, -0.05) is 47.7 Å². The average molecular weight is 504 g/mol. The number of halogens is 1. The lowest BCUT2D eigenvalue weighted by Crippen LogP contribution is -2.41. The minimum atomic E-state index is -0.883. The van der Waals surface area contributed by atoms with Crippen molar-refractivity contribution in [2.45, 2.75) is 19.9 Å². The second-order valence-electron chi connectivity index (χ2n) is 8.27. The molecule has 0 aliphatic carbocycles. The molecule has 1 atom stereocenters. The van der Waals surface area contributed by atoms with Gasteiger partial charge in [0.15, 0.2) is 4.80 Å². The van der Waals surface area contributed by atoms with Gasteiger partial charge in [0.25, 0.3) is 11.5 Å². The van der Waals surface area contributed by atoms with Crippen LogP contribution in [0, 0.1) is 5.82 Å². The molecule has 182 valence electrons. The van der Waals surface area contributed by atoms with Crippen LogP contribution in [0.15, 0.2) is 82.2 Å². The second kappa shape index (κ2) is 9.16. The molecule has 1 aromatic heterocycles. The monoisotopic (exact) mass is 503 g/mol. The summed E-state index contributed by atoms with van der Waals surface area (Å²) < 4.78 is 20.6. The van der Waals surface area contributed by atoms with Crippen molar-refractivity contribution < 1.29 is 18.7 Å². The standard InChI is InChI=1S/C27H22FN3O4S/c1-4-14-30-19-9-7-6-8-18(19)21(24(30)32)23-25(33)31-22(16-10-12-17(28)13-11-16)20(26(34)35-5-2)15(3)29-27(31)36-23/h4,6-13,22H,1,5,14H2,2-3H3/b23-21+/t22-/m0/s1. The van der Waals surface area contributed by atoms with E-state index in [1.165, 1.54) is 28.8 Å². The Morgan fingerprint density at radius 3 is 2.61 bits per heavy atom. The van der Waals surface area contributed by atoms with Gasteiger partial charge >= 0.3 is 5.97 Å². The molecule has 0 N–H and O–H groups in total. The van der Waals surface area contributed by atoms with Crippen LogP contribution in [0.25, 0.3) is 5.57 Å². The van der Waals surface area contributed by atoms with Crippen molar-refractivity contribution in [3.8, 4) is 0 Å². The Bertz CT molecular complexity index is 1630. The molecule has 0 radical (unpaired) electrons. The number of aromatic nitrogens is 1. The number of amides is 1. The number of anilines is 1. The van der Waals surface area contributed by atoms with E-state index in [4.69, 9.17) is 4.74 Å². The number of carbonyl (C=O) groups is 2. The third-order valence-electron chi connectivity index (χ3n) is 6.14. The Balaban J connectivity index is 1.82. The molecule has 9 heteroatoms. The van der Waals surface area contributed by atoms with Crippen molar-refractivity contribution in [1.82, 2.24) is 4.57 Å². The summed E-state index contributed by atoms with van der Waals surface area (Å²) in [5, 5.41) is 0. The lowest BCUT2D eigenvalue weighted by Gasteiger charge is -2.24. The molecule has 3 heterocycles. The molecule has 1 amide bonds. The van der Waals surface area contributed by atoms with Gasteiger partial charge in [-0.3, -0.25) is 14.2 Å². The highest BCUT2D eigenvalue weighted by Gasteiger charge is 2.37. The molecule has 0 spiro atoms. The SMILES string of the molecule is C=CCN1C(=O)/C(=c2/sc3n(c2=O)[C@@H](c2ccc(F)cc2)C(C(=O)OCC)=C(C)N=3)c2ccccc21. The molecular weight excluding hydrogens is 481 g/mol. The maximum atomic E-state index is 14.0. The lowest BCUT2D eigenvalue weighted by atomic mass is 9.96. The number of nitrogens with zero attached hydrogens (tertiary/aromatic N) is 3. The summed E-state index contributed by atoms with van der Waals surface area (Å²) in [5.74, 6) is -1.35. The molecule has 7 nitrogen and oxygen atoms in total. The van der Waals surface area contributed by atoms with Crippen molar-refractivity contribution in [3.05, 3.63) is 109 Å². The van der Waals surface area contributed by atoms with Gasteiger partial charge in [0.1, 0.15) is 10.3 Å². The van der Waals surface area contributed by atoms with E-state index in [1.807, 2.05) is 18.2 Å². The molecule has 0 saturated heterocycles. The van der Waals surface area contributed by atoms with Crippen LogP contribution in [0.4, 0.5) is 10.1 Å². The maximum Gasteiger partial charge on any atom is 0.338 e. The van der Waals surface area contributed by atoms with Gasteiger partial charge in [0.05, 0.1) is 35.2 Å².